The number of hydrogen-bond donors (Lipinski definition) is 1. The highest BCUT2D eigenvalue weighted by molar-refractivity contribution is 6.31. The minimum Gasteiger partial charge on any atom is -0.494 e. The summed E-state index contributed by atoms with van der Waals surface area (Å²) in [6.45, 7) is -0.297. The van der Waals surface area contributed by atoms with Gasteiger partial charge >= 0.3 is 0 Å². The fraction of sp³-hybridized carbons (Fsp3) is 0.118. The van der Waals surface area contributed by atoms with Gasteiger partial charge in [-0.2, -0.15) is 0 Å². The monoisotopic (exact) mass is 388 g/mol. The molecule has 0 unspecified atom stereocenters. The van der Waals surface area contributed by atoms with Crippen molar-refractivity contribution in [3.63, 3.8) is 0 Å². The molecule has 3 aromatic rings. The Labute approximate surface area is 157 Å². The number of nitro groups is 1. The Bertz CT molecular complexity index is 1110. The van der Waals surface area contributed by atoms with Crippen LogP contribution in [0.2, 0.25) is 5.02 Å². The van der Waals surface area contributed by atoms with E-state index in [9.17, 15) is 19.7 Å². The minimum absolute atomic E-state index is 0.133. The van der Waals surface area contributed by atoms with Crippen LogP contribution in [0.3, 0.4) is 0 Å². The van der Waals surface area contributed by atoms with Crippen molar-refractivity contribution in [1.29, 1.82) is 0 Å². The van der Waals surface area contributed by atoms with E-state index in [4.69, 9.17) is 16.3 Å². The Morgan fingerprint density at radius 1 is 1.33 bits per heavy atom. The van der Waals surface area contributed by atoms with Gasteiger partial charge in [0, 0.05) is 11.1 Å². The third kappa shape index (κ3) is 3.87. The number of hydrogen-bond acceptors (Lipinski definition) is 6. The average Bonchev–Trinajstić information content (AvgIpc) is 2.64. The van der Waals surface area contributed by atoms with Crippen LogP contribution in [0.25, 0.3) is 10.9 Å². The molecule has 1 amide bonds. The highest BCUT2D eigenvalue weighted by Gasteiger charge is 2.14. The molecular weight excluding hydrogens is 376 g/mol. The number of carbonyl (C=O) groups is 1. The molecule has 1 N–H and O–H groups in total. The number of non-ortho nitro benzene ring substituents is 1. The van der Waals surface area contributed by atoms with Gasteiger partial charge in [0.15, 0.2) is 0 Å². The predicted molar refractivity (Wildman–Crippen MR) is 99.3 cm³/mol. The van der Waals surface area contributed by atoms with Gasteiger partial charge in [0.2, 0.25) is 5.91 Å². The largest absolute Gasteiger partial charge is 0.494 e. The summed E-state index contributed by atoms with van der Waals surface area (Å²) in [5.74, 6) is -0.388. The van der Waals surface area contributed by atoms with Crippen molar-refractivity contribution < 1.29 is 14.5 Å². The van der Waals surface area contributed by atoms with Gasteiger partial charge < -0.3 is 10.1 Å². The molecule has 10 heteroatoms. The predicted octanol–water partition coefficient (Wildman–Crippen LogP) is 2.61. The van der Waals surface area contributed by atoms with Crippen LogP contribution in [0, 0.1) is 10.1 Å². The highest BCUT2D eigenvalue weighted by Crippen LogP contribution is 2.28. The van der Waals surface area contributed by atoms with Gasteiger partial charge in [0.1, 0.15) is 12.3 Å². The molecule has 0 radical (unpaired) electrons. The van der Waals surface area contributed by atoms with E-state index in [1.165, 1.54) is 37.7 Å². The van der Waals surface area contributed by atoms with Gasteiger partial charge in [-0.3, -0.25) is 24.3 Å². The zero-order valence-electron chi connectivity index (χ0n) is 14.0. The summed E-state index contributed by atoms with van der Waals surface area (Å²) in [4.78, 5) is 39.2. The maximum atomic E-state index is 12.5. The molecular formula is C17H13ClN4O5. The van der Waals surface area contributed by atoms with Crippen LogP contribution in [0.4, 0.5) is 11.4 Å². The van der Waals surface area contributed by atoms with E-state index < -0.39 is 16.4 Å². The van der Waals surface area contributed by atoms with Gasteiger partial charge in [0.05, 0.1) is 41.0 Å². The summed E-state index contributed by atoms with van der Waals surface area (Å²) in [7, 11) is 1.33. The molecule has 0 fully saturated rings. The van der Waals surface area contributed by atoms with Crippen molar-refractivity contribution in [2.75, 3.05) is 12.4 Å². The molecule has 0 aliphatic carbocycles. The van der Waals surface area contributed by atoms with E-state index in [0.717, 1.165) is 4.57 Å². The Kier molecular flexibility index (Phi) is 5.04. The number of aromatic nitrogens is 2. The number of ether oxygens (including phenoxy) is 1. The molecule has 1 heterocycles. The number of nitrogens with one attached hydrogen (secondary N) is 1. The Morgan fingerprint density at radius 3 is 2.81 bits per heavy atom. The van der Waals surface area contributed by atoms with Crippen LogP contribution < -0.4 is 15.6 Å². The summed E-state index contributed by atoms with van der Waals surface area (Å²) in [5, 5.41) is 14.1. The molecule has 27 heavy (non-hydrogen) atoms. The van der Waals surface area contributed by atoms with Crippen LogP contribution >= 0.6 is 11.6 Å². The van der Waals surface area contributed by atoms with Crippen LogP contribution in [-0.2, 0) is 11.3 Å². The molecule has 0 spiro atoms. The first-order chi connectivity index (χ1) is 12.9. The van der Waals surface area contributed by atoms with Crippen molar-refractivity contribution in [3.8, 4) is 5.75 Å². The third-order valence-corrected chi connectivity index (χ3v) is 4.01. The van der Waals surface area contributed by atoms with Gasteiger partial charge in [-0.25, -0.2) is 4.98 Å². The minimum atomic E-state index is -0.570. The fourth-order valence-electron chi connectivity index (χ4n) is 2.48. The SMILES string of the molecule is COc1cc([N+](=O)[O-])ccc1NC(=O)Cn1cnc2ccc(Cl)cc2c1=O. The number of nitrogens with zero attached hydrogens (tertiary/aromatic N) is 3. The smallest absolute Gasteiger partial charge is 0.273 e. The van der Waals surface area contributed by atoms with Gasteiger partial charge in [-0.15, -0.1) is 0 Å². The summed E-state index contributed by atoms with van der Waals surface area (Å²) in [5.41, 5.74) is 0.140. The second-order valence-corrected chi connectivity index (χ2v) is 5.97. The maximum Gasteiger partial charge on any atom is 0.273 e. The first-order valence-corrected chi connectivity index (χ1v) is 8.04. The third-order valence-electron chi connectivity index (χ3n) is 3.77. The lowest BCUT2D eigenvalue weighted by Gasteiger charge is -2.11. The number of benzene rings is 2. The number of methoxy groups -OCH3 is 1. The standard InChI is InChI=1S/C17H13ClN4O5/c1-27-15-7-11(22(25)26)3-5-14(15)20-16(23)8-21-9-19-13-4-2-10(18)6-12(13)17(21)24/h2-7,9H,8H2,1H3,(H,20,23). The molecule has 1 aromatic heterocycles. The van der Waals surface area contributed by atoms with Crippen molar-refractivity contribution in [2.45, 2.75) is 6.54 Å². The van der Waals surface area contributed by atoms with E-state index >= 15 is 0 Å². The first kappa shape index (κ1) is 18.3. The number of rotatable bonds is 5. The molecule has 0 atom stereocenters. The summed E-state index contributed by atoms with van der Waals surface area (Å²) < 4.78 is 6.21. The van der Waals surface area contributed by atoms with Gasteiger partial charge in [-0.1, -0.05) is 11.6 Å². The lowest BCUT2D eigenvalue weighted by molar-refractivity contribution is -0.384. The van der Waals surface area contributed by atoms with Gasteiger partial charge in [0.25, 0.3) is 11.2 Å². The zero-order valence-corrected chi connectivity index (χ0v) is 14.8. The van der Waals surface area contributed by atoms with E-state index in [1.54, 1.807) is 12.1 Å². The number of halogens is 1. The molecule has 0 saturated heterocycles. The van der Waals surface area contributed by atoms with E-state index in [-0.39, 0.29) is 23.7 Å². The number of fused-ring (bicyclic) bond motifs is 1. The second-order valence-electron chi connectivity index (χ2n) is 5.53. The number of anilines is 1. The van der Waals surface area contributed by atoms with Crippen LogP contribution in [0.5, 0.6) is 5.75 Å². The number of nitro benzene ring substituents is 1. The van der Waals surface area contributed by atoms with Crippen molar-refractivity contribution in [3.05, 3.63) is 68.2 Å². The Morgan fingerprint density at radius 2 is 2.11 bits per heavy atom. The van der Waals surface area contributed by atoms with E-state index in [1.807, 2.05) is 0 Å². The zero-order chi connectivity index (χ0) is 19.6. The molecule has 0 aliphatic heterocycles. The quantitative estimate of drug-likeness (QED) is 0.530. The molecule has 0 aliphatic rings. The maximum absolute atomic E-state index is 12.5. The van der Waals surface area contributed by atoms with Gasteiger partial charge in [-0.05, 0) is 24.3 Å². The second kappa shape index (κ2) is 7.42. The summed E-state index contributed by atoms with van der Waals surface area (Å²) >= 11 is 5.91. The van der Waals surface area contributed by atoms with E-state index in [2.05, 4.69) is 10.3 Å². The molecule has 2 aromatic carbocycles. The Hall–Kier alpha value is -3.46. The van der Waals surface area contributed by atoms with Crippen LogP contribution in [0.1, 0.15) is 0 Å². The number of carbonyl (C=O) groups excluding carboxylic acids is 1. The molecule has 9 nitrogen and oxygen atoms in total. The highest BCUT2D eigenvalue weighted by atomic mass is 35.5. The molecule has 138 valence electrons. The topological polar surface area (TPSA) is 116 Å². The lowest BCUT2D eigenvalue weighted by atomic mass is 10.2. The van der Waals surface area contributed by atoms with Crippen LogP contribution in [0.15, 0.2) is 47.5 Å². The summed E-state index contributed by atoms with van der Waals surface area (Å²) in [6.07, 6.45) is 1.27. The fourth-order valence-corrected chi connectivity index (χ4v) is 2.66. The first-order valence-electron chi connectivity index (χ1n) is 7.66. The molecule has 0 bridgehead atoms. The Balaban J connectivity index is 1.84. The average molecular weight is 389 g/mol. The van der Waals surface area contributed by atoms with E-state index in [0.29, 0.717) is 15.9 Å². The molecule has 0 saturated carbocycles. The number of amides is 1. The van der Waals surface area contributed by atoms with Crippen molar-refractivity contribution >= 4 is 39.8 Å². The lowest BCUT2D eigenvalue weighted by Crippen LogP contribution is -2.28. The van der Waals surface area contributed by atoms with Crippen molar-refractivity contribution in [2.24, 2.45) is 0 Å². The molecule has 3 rings (SSSR count). The summed E-state index contributed by atoms with van der Waals surface area (Å²) in [6, 6.07) is 8.51. The normalized spacial score (nSPS) is 10.6. The van der Waals surface area contributed by atoms with Crippen LogP contribution in [-0.4, -0.2) is 27.5 Å². The van der Waals surface area contributed by atoms with Crippen molar-refractivity contribution in [1.82, 2.24) is 9.55 Å².